The molecule has 0 bridgehead atoms. The van der Waals surface area contributed by atoms with Gasteiger partial charge >= 0.3 is 0 Å². The van der Waals surface area contributed by atoms with Crippen molar-refractivity contribution < 1.29 is 27.1 Å². The van der Waals surface area contributed by atoms with Gasteiger partial charge in [-0.05, 0) is 42.5 Å². The minimum Gasteiger partial charge on any atom is -0.497 e. The van der Waals surface area contributed by atoms with Crippen molar-refractivity contribution in [3.63, 3.8) is 0 Å². The maximum Gasteiger partial charge on any atom is 0.274 e. The molecular formula is C24H18ClFN2O5S. The number of halogens is 2. The molecule has 34 heavy (non-hydrogen) atoms. The second-order valence-electron chi connectivity index (χ2n) is 7.94. The van der Waals surface area contributed by atoms with E-state index < -0.39 is 38.1 Å². The van der Waals surface area contributed by atoms with E-state index in [0.29, 0.717) is 5.75 Å². The van der Waals surface area contributed by atoms with Crippen molar-refractivity contribution in [2.75, 3.05) is 22.7 Å². The van der Waals surface area contributed by atoms with E-state index in [0.717, 1.165) is 4.90 Å². The van der Waals surface area contributed by atoms with Gasteiger partial charge in [0.1, 0.15) is 17.3 Å². The number of fused-ring (bicyclic) bond motifs is 2. The molecule has 1 spiro atoms. The van der Waals surface area contributed by atoms with E-state index >= 15 is 0 Å². The number of carbonyl (C=O) groups excluding carboxylic acids is 2. The number of methoxy groups -OCH3 is 1. The zero-order valence-corrected chi connectivity index (χ0v) is 19.4. The number of nitrogens with zero attached hydrogens (tertiary/aromatic N) is 2. The summed E-state index contributed by atoms with van der Waals surface area (Å²) in [6.45, 7) is -0.302. The summed E-state index contributed by atoms with van der Waals surface area (Å²) in [6.07, 6.45) is 0. The van der Waals surface area contributed by atoms with Crippen LogP contribution in [0.5, 0.6) is 5.75 Å². The molecule has 3 aromatic rings. The fourth-order valence-corrected chi connectivity index (χ4v) is 6.88. The number of amides is 2. The summed E-state index contributed by atoms with van der Waals surface area (Å²) < 4.78 is 46.9. The predicted octanol–water partition coefficient (Wildman–Crippen LogP) is 3.65. The molecule has 1 atom stereocenters. The van der Waals surface area contributed by atoms with Crippen LogP contribution in [0, 0.1) is 5.82 Å². The Balaban J connectivity index is 1.73. The fourth-order valence-electron chi connectivity index (χ4n) is 4.62. The van der Waals surface area contributed by atoms with Crippen LogP contribution in [0.3, 0.4) is 0 Å². The summed E-state index contributed by atoms with van der Waals surface area (Å²) in [6, 6.07) is 16.6. The van der Waals surface area contributed by atoms with Crippen molar-refractivity contribution in [3.8, 4) is 5.75 Å². The third-order valence-electron chi connectivity index (χ3n) is 6.13. The number of para-hydroxylation sites is 1. The number of hydrogen-bond acceptors (Lipinski definition) is 5. The number of hydrogen-bond donors (Lipinski definition) is 0. The Morgan fingerprint density at radius 3 is 2.41 bits per heavy atom. The molecule has 10 heteroatoms. The van der Waals surface area contributed by atoms with Gasteiger partial charge in [0.25, 0.3) is 10.8 Å². The lowest BCUT2D eigenvalue weighted by Gasteiger charge is -2.32. The molecular weight excluding hydrogens is 483 g/mol. The lowest BCUT2D eigenvalue weighted by molar-refractivity contribution is -0.123. The number of carbonyl (C=O) groups is 2. The van der Waals surface area contributed by atoms with Crippen LogP contribution in [0.25, 0.3) is 0 Å². The van der Waals surface area contributed by atoms with E-state index in [4.69, 9.17) is 16.3 Å². The Kier molecular flexibility index (Phi) is 5.14. The maximum atomic E-state index is 14.6. The van der Waals surface area contributed by atoms with Crippen molar-refractivity contribution in [2.24, 2.45) is 0 Å². The van der Waals surface area contributed by atoms with Crippen molar-refractivity contribution in [1.82, 2.24) is 0 Å². The molecule has 174 valence electrons. The molecule has 1 fully saturated rings. The zero-order chi connectivity index (χ0) is 24.3. The SMILES string of the molecule is COc1ccc(N2C(=O)CS(=O)(=O)C23C(=O)N(Cc2c(F)cccc2Cl)c2ccccc23)cc1. The Labute approximate surface area is 200 Å². The number of sulfone groups is 1. The fraction of sp³-hybridized carbons (Fsp3) is 0.167. The average molecular weight is 501 g/mol. The molecule has 0 N–H and O–H groups in total. The highest BCUT2D eigenvalue weighted by Crippen LogP contribution is 2.53. The number of rotatable bonds is 4. The van der Waals surface area contributed by atoms with Crippen LogP contribution in [-0.4, -0.2) is 33.1 Å². The highest BCUT2D eigenvalue weighted by molar-refractivity contribution is 7.94. The van der Waals surface area contributed by atoms with Gasteiger partial charge in [-0.1, -0.05) is 35.9 Å². The minimum absolute atomic E-state index is 0.0436. The summed E-state index contributed by atoms with van der Waals surface area (Å²) in [5.41, 5.74) is 0.667. The van der Waals surface area contributed by atoms with Gasteiger partial charge in [-0.15, -0.1) is 0 Å². The number of benzene rings is 3. The Bertz CT molecular complexity index is 1420. The first kappa shape index (κ1) is 22.4. The van der Waals surface area contributed by atoms with E-state index in [1.165, 1.54) is 48.4 Å². The van der Waals surface area contributed by atoms with Gasteiger partial charge in [-0.2, -0.15) is 0 Å². The molecule has 3 aromatic carbocycles. The van der Waals surface area contributed by atoms with Gasteiger partial charge in [-0.3, -0.25) is 14.5 Å². The molecule has 2 aliphatic heterocycles. The second kappa shape index (κ2) is 7.82. The van der Waals surface area contributed by atoms with Crippen LogP contribution < -0.4 is 14.5 Å². The first-order valence-electron chi connectivity index (χ1n) is 10.3. The molecule has 0 aliphatic carbocycles. The molecule has 2 heterocycles. The monoisotopic (exact) mass is 500 g/mol. The molecule has 0 aromatic heterocycles. The summed E-state index contributed by atoms with van der Waals surface area (Å²) >= 11 is 6.19. The highest BCUT2D eigenvalue weighted by atomic mass is 35.5. The van der Waals surface area contributed by atoms with E-state index in [2.05, 4.69) is 0 Å². The highest BCUT2D eigenvalue weighted by Gasteiger charge is 2.69. The average Bonchev–Trinajstić information content (AvgIpc) is 3.18. The smallest absolute Gasteiger partial charge is 0.274 e. The van der Waals surface area contributed by atoms with Gasteiger partial charge in [0.15, 0.2) is 9.84 Å². The van der Waals surface area contributed by atoms with Gasteiger partial charge in [0.05, 0.1) is 19.3 Å². The normalized spacial score (nSPS) is 20.8. The molecule has 1 unspecified atom stereocenters. The lowest BCUT2D eigenvalue weighted by Crippen LogP contribution is -2.54. The van der Waals surface area contributed by atoms with Crippen LogP contribution in [0.4, 0.5) is 15.8 Å². The van der Waals surface area contributed by atoms with Gasteiger partial charge in [0.2, 0.25) is 5.91 Å². The van der Waals surface area contributed by atoms with Crippen LogP contribution >= 0.6 is 11.6 Å². The quantitative estimate of drug-likeness (QED) is 0.546. The summed E-state index contributed by atoms with van der Waals surface area (Å²) in [5.74, 6) is -2.57. The van der Waals surface area contributed by atoms with Gasteiger partial charge < -0.3 is 9.64 Å². The largest absolute Gasteiger partial charge is 0.497 e. The van der Waals surface area contributed by atoms with Crippen molar-refractivity contribution in [2.45, 2.75) is 11.4 Å². The van der Waals surface area contributed by atoms with Gasteiger partial charge in [-0.25, -0.2) is 12.8 Å². The molecule has 0 radical (unpaired) electrons. The number of anilines is 2. The van der Waals surface area contributed by atoms with Crippen molar-refractivity contribution >= 4 is 44.6 Å². The van der Waals surface area contributed by atoms with Gasteiger partial charge in [0, 0.05) is 21.8 Å². The predicted molar refractivity (Wildman–Crippen MR) is 125 cm³/mol. The van der Waals surface area contributed by atoms with E-state index in [9.17, 15) is 22.4 Å². The van der Waals surface area contributed by atoms with Crippen LogP contribution in [0.2, 0.25) is 5.02 Å². The first-order chi connectivity index (χ1) is 16.2. The third-order valence-corrected chi connectivity index (χ3v) is 8.59. The molecule has 1 saturated heterocycles. The van der Waals surface area contributed by atoms with E-state index in [1.54, 1.807) is 30.3 Å². The third kappa shape index (κ3) is 2.97. The van der Waals surface area contributed by atoms with Crippen molar-refractivity contribution in [1.29, 1.82) is 0 Å². The van der Waals surface area contributed by atoms with E-state index in [-0.39, 0.29) is 34.1 Å². The first-order valence-corrected chi connectivity index (χ1v) is 12.3. The van der Waals surface area contributed by atoms with E-state index in [1.807, 2.05) is 0 Å². The summed E-state index contributed by atoms with van der Waals surface area (Å²) in [4.78, 5) is 27.0. The summed E-state index contributed by atoms with van der Waals surface area (Å²) in [5, 5.41) is 0.101. The lowest BCUT2D eigenvalue weighted by atomic mass is 10.0. The standard InChI is InChI=1S/C24H18ClFN2O5S/c1-33-16-11-9-15(10-12-16)28-22(29)14-34(31,32)24(28)18-5-2-3-8-21(18)27(23(24)30)13-17-19(25)6-4-7-20(17)26/h2-12H,13-14H2,1H3. The molecule has 2 amide bonds. The number of ether oxygens (including phenoxy) is 1. The molecule has 2 aliphatic rings. The Morgan fingerprint density at radius 1 is 1.03 bits per heavy atom. The zero-order valence-electron chi connectivity index (χ0n) is 17.9. The van der Waals surface area contributed by atoms with Crippen LogP contribution in [-0.2, 0) is 30.8 Å². The van der Waals surface area contributed by atoms with Crippen LogP contribution in [0.1, 0.15) is 11.1 Å². The summed E-state index contributed by atoms with van der Waals surface area (Å²) in [7, 11) is -2.85. The minimum atomic E-state index is -4.33. The molecule has 5 rings (SSSR count). The topological polar surface area (TPSA) is 84.0 Å². The van der Waals surface area contributed by atoms with Crippen LogP contribution in [0.15, 0.2) is 66.7 Å². The molecule has 7 nitrogen and oxygen atoms in total. The van der Waals surface area contributed by atoms with Crippen molar-refractivity contribution in [3.05, 3.63) is 88.7 Å². The maximum absolute atomic E-state index is 14.6. The molecule has 0 saturated carbocycles. The second-order valence-corrected chi connectivity index (χ2v) is 10.5. The Morgan fingerprint density at radius 2 is 1.74 bits per heavy atom. The Hall–Kier alpha value is -3.43.